The molecule has 17 nitrogen and oxygen atoms in total. The number of ether oxygens (including phenoxy) is 7. The summed E-state index contributed by atoms with van der Waals surface area (Å²) in [6.45, 7) is 10.4. The molecule has 1 N–H and O–H groups in total. The first-order chi connectivity index (χ1) is 19.8. The summed E-state index contributed by atoms with van der Waals surface area (Å²) >= 11 is 0. The van der Waals surface area contributed by atoms with Crippen LogP contribution in [0.3, 0.4) is 0 Å². The highest BCUT2D eigenvalue weighted by Gasteiger charge is 2.53. The van der Waals surface area contributed by atoms with Gasteiger partial charge in [-0.2, -0.15) is 0 Å². The standard InChI is InChI=1S/C26H38N4O13/c1-13(31)38-12-18-19(39-14(2)32)20(40-15(3)33)21(41-16(4)34)22(42-18)30-11-17(28-29-30)10-26(8,23(35)37-9)27-24(36)43-25(5,6)7/h11,18-22H,10,12H2,1-9H3,(H,27,36)/t18-,19-,20+,21-,22-,26?/m1/s1. The van der Waals surface area contributed by atoms with E-state index in [2.05, 4.69) is 15.6 Å². The maximum absolute atomic E-state index is 12.7. The summed E-state index contributed by atoms with van der Waals surface area (Å²) < 4.78 is 38.6. The molecule has 17 heteroatoms. The molecule has 1 aromatic rings. The molecule has 240 valence electrons. The number of esters is 5. The van der Waals surface area contributed by atoms with Crippen molar-refractivity contribution in [3.8, 4) is 0 Å². The van der Waals surface area contributed by atoms with E-state index in [1.807, 2.05) is 0 Å². The van der Waals surface area contributed by atoms with Gasteiger partial charge in [-0.05, 0) is 27.7 Å². The van der Waals surface area contributed by atoms with Crippen molar-refractivity contribution in [2.75, 3.05) is 13.7 Å². The van der Waals surface area contributed by atoms with E-state index in [1.54, 1.807) is 20.8 Å². The SMILES string of the molecule is COC(=O)C(C)(Cc1cn([C@@H]2O[C@H](COC(C)=O)[C@@H](OC(C)=O)[C@H](OC(C)=O)[C@H]2OC(C)=O)nn1)NC(=O)OC(C)(C)C. The molecular formula is C26H38N4O13. The molecule has 0 bridgehead atoms. The van der Waals surface area contributed by atoms with E-state index in [1.165, 1.54) is 13.1 Å². The van der Waals surface area contributed by atoms with Crippen molar-refractivity contribution in [3.63, 3.8) is 0 Å². The molecule has 1 aliphatic heterocycles. The highest BCUT2D eigenvalue weighted by atomic mass is 16.7. The summed E-state index contributed by atoms with van der Waals surface area (Å²) in [6.07, 6.45) is -6.56. The van der Waals surface area contributed by atoms with Gasteiger partial charge in [0, 0.05) is 34.1 Å². The topological polar surface area (TPSA) is 210 Å². The Hall–Kier alpha value is -4.28. The minimum Gasteiger partial charge on any atom is -0.467 e. The molecule has 1 unspecified atom stereocenters. The molecule has 2 rings (SSSR count). The van der Waals surface area contributed by atoms with Gasteiger partial charge in [-0.3, -0.25) is 19.2 Å². The largest absolute Gasteiger partial charge is 0.467 e. The quantitative estimate of drug-likeness (QED) is 0.281. The van der Waals surface area contributed by atoms with Crippen LogP contribution in [0.25, 0.3) is 0 Å². The molecule has 0 aliphatic carbocycles. The summed E-state index contributed by atoms with van der Waals surface area (Å²) in [5.41, 5.74) is -2.35. The van der Waals surface area contributed by atoms with E-state index < -0.39 is 84.3 Å². The number of aromatic nitrogens is 3. The van der Waals surface area contributed by atoms with E-state index >= 15 is 0 Å². The Kier molecular flexibility index (Phi) is 11.6. The molecule has 1 saturated heterocycles. The fourth-order valence-corrected chi connectivity index (χ4v) is 4.22. The lowest BCUT2D eigenvalue weighted by atomic mass is 9.96. The van der Waals surface area contributed by atoms with Crippen LogP contribution in [0, 0.1) is 0 Å². The predicted octanol–water partition coefficient (Wildman–Crippen LogP) is 0.533. The van der Waals surface area contributed by atoms with Crippen molar-refractivity contribution < 1.29 is 61.9 Å². The lowest BCUT2D eigenvalue weighted by molar-refractivity contribution is -0.270. The van der Waals surface area contributed by atoms with Gasteiger partial charge in [-0.15, -0.1) is 5.10 Å². The van der Waals surface area contributed by atoms with Gasteiger partial charge < -0.3 is 38.5 Å². The zero-order valence-corrected chi connectivity index (χ0v) is 25.5. The molecule has 2 heterocycles. The molecule has 0 aromatic carbocycles. The van der Waals surface area contributed by atoms with Gasteiger partial charge in [0.25, 0.3) is 0 Å². The molecule has 1 aliphatic rings. The van der Waals surface area contributed by atoms with Crippen molar-refractivity contribution in [1.82, 2.24) is 20.3 Å². The molecule has 1 amide bonds. The summed E-state index contributed by atoms with van der Waals surface area (Å²) in [5.74, 6) is -3.85. The van der Waals surface area contributed by atoms with E-state index in [-0.39, 0.29) is 12.1 Å². The van der Waals surface area contributed by atoms with Crippen LogP contribution >= 0.6 is 0 Å². The molecule has 1 fully saturated rings. The molecule has 6 atom stereocenters. The second-order valence-corrected chi connectivity index (χ2v) is 10.9. The summed E-state index contributed by atoms with van der Waals surface area (Å²) in [4.78, 5) is 72.9. The van der Waals surface area contributed by atoms with Gasteiger partial charge in [0.15, 0.2) is 24.5 Å². The summed E-state index contributed by atoms with van der Waals surface area (Å²) in [7, 11) is 1.14. The van der Waals surface area contributed by atoms with Crippen LogP contribution in [0.15, 0.2) is 6.20 Å². The van der Waals surface area contributed by atoms with Crippen molar-refractivity contribution >= 4 is 35.9 Å². The van der Waals surface area contributed by atoms with Crippen LogP contribution in [0.4, 0.5) is 4.79 Å². The zero-order chi connectivity index (χ0) is 32.7. The third kappa shape index (κ3) is 10.2. The summed E-state index contributed by atoms with van der Waals surface area (Å²) in [5, 5.41) is 10.6. The van der Waals surface area contributed by atoms with Crippen molar-refractivity contribution in [3.05, 3.63) is 11.9 Å². The number of hydrogen-bond donors (Lipinski definition) is 1. The molecule has 0 spiro atoms. The number of nitrogens with one attached hydrogen (secondary N) is 1. The maximum atomic E-state index is 12.7. The van der Waals surface area contributed by atoms with Crippen LogP contribution < -0.4 is 5.32 Å². The van der Waals surface area contributed by atoms with Gasteiger partial charge >= 0.3 is 35.9 Å². The van der Waals surface area contributed by atoms with Crippen molar-refractivity contribution in [2.45, 2.75) is 104 Å². The third-order valence-electron chi connectivity index (χ3n) is 5.73. The second kappa shape index (κ2) is 14.3. The first kappa shape index (κ1) is 34.9. The normalized spacial score (nSPS) is 23.1. The number of hydrogen-bond acceptors (Lipinski definition) is 15. The number of alkyl carbamates (subject to hydrolysis) is 1. The number of methoxy groups -OCH3 is 1. The van der Waals surface area contributed by atoms with Crippen molar-refractivity contribution in [2.24, 2.45) is 0 Å². The monoisotopic (exact) mass is 614 g/mol. The first-order valence-corrected chi connectivity index (χ1v) is 13.2. The average molecular weight is 615 g/mol. The highest BCUT2D eigenvalue weighted by Crippen LogP contribution is 2.34. The first-order valence-electron chi connectivity index (χ1n) is 13.2. The van der Waals surface area contributed by atoms with E-state index in [0.29, 0.717) is 0 Å². The van der Waals surface area contributed by atoms with Crippen LogP contribution in [0.5, 0.6) is 0 Å². The Morgan fingerprint density at radius 2 is 1.44 bits per heavy atom. The Balaban J connectivity index is 2.51. The summed E-state index contributed by atoms with van der Waals surface area (Å²) in [6, 6.07) is 0. The van der Waals surface area contributed by atoms with Crippen molar-refractivity contribution in [1.29, 1.82) is 0 Å². The van der Waals surface area contributed by atoms with Crippen LogP contribution in [0.1, 0.15) is 67.3 Å². The van der Waals surface area contributed by atoms with Crippen LogP contribution in [-0.4, -0.2) is 100 Å². The van der Waals surface area contributed by atoms with Gasteiger partial charge in [0.2, 0.25) is 0 Å². The number of rotatable bonds is 10. The Morgan fingerprint density at radius 3 is 1.95 bits per heavy atom. The van der Waals surface area contributed by atoms with E-state index in [0.717, 1.165) is 39.5 Å². The minimum atomic E-state index is -1.65. The fourth-order valence-electron chi connectivity index (χ4n) is 4.22. The number of nitrogens with zero attached hydrogens (tertiary/aromatic N) is 3. The lowest BCUT2D eigenvalue weighted by Crippen LogP contribution is -2.60. The van der Waals surface area contributed by atoms with Gasteiger partial charge in [0.05, 0.1) is 19.0 Å². The Labute approximate surface area is 247 Å². The maximum Gasteiger partial charge on any atom is 0.408 e. The number of carbonyl (C=O) groups is 6. The molecular weight excluding hydrogens is 576 g/mol. The second-order valence-electron chi connectivity index (χ2n) is 10.9. The number of amides is 1. The highest BCUT2D eigenvalue weighted by molar-refractivity contribution is 5.85. The smallest absolute Gasteiger partial charge is 0.408 e. The fraction of sp³-hybridized carbons (Fsp3) is 0.692. The van der Waals surface area contributed by atoms with Crippen LogP contribution in [0.2, 0.25) is 0 Å². The Bertz CT molecular complexity index is 1210. The molecule has 0 radical (unpaired) electrons. The Morgan fingerprint density at radius 1 is 0.884 bits per heavy atom. The van der Waals surface area contributed by atoms with Crippen LogP contribution in [-0.2, 0) is 63.6 Å². The predicted molar refractivity (Wildman–Crippen MR) is 141 cm³/mol. The average Bonchev–Trinajstić information content (AvgIpc) is 3.30. The zero-order valence-electron chi connectivity index (χ0n) is 25.5. The minimum absolute atomic E-state index is 0.150. The van der Waals surface area contributed by atoms with E-state index in [9.17, 15) is 28.8 Å². The van der Waals surface area contributed by atoms with Gasteiger partial charge in [-0.1, -0.05) is 5.21 Å². The molecule has 1 aromatic heterocycles. The van der Waals surface area contributed by atoms with E-state index in [4.69, 9.17) is 33.2 Å². The van der Waals surface area contributed by atoms with Gasteiger partial charge in [0.1, 0.15) is 23.9 Å². The van der Waals surface area contributed by atoms with Gasteiger partial charge in [-0.25, -0.2) is 14.3 Å². The molecule has 43 heavy (non-hydrogen) atoms. The molecule has 0 saturated carbocycles. The number of carbonyl (C=O) groups excluding carboxylic acids is 6. The lowest BCUT2D eigenvalue weighted by Gasteiger charge is -2.44. The third-order valence-corrected chi connectivity index (χ3v) is 5.73.